The highest BCUT2D eigenvalue weighted by atomic mass is 79.9. The van der Waals surface area contributed by atoms with Gasteiger partial charge in [-0.3, -0.25) is 0 Å². The minimum absolute atomic E-state index is 0.297. The molecule has 2 heterocycles. The molecule has 0 bridgehead atoms. The van der Waals surface area contributed by atoms with Crippen molar-refractivity contribution in [2.24, 2.45) is 5.92 Å². The summed E-state index contributed by atoms with van der Waals surface area (Å²) in [5, 5.41) is 10.3. The van der Waals surface area contributed by atoms with Crippen molar-refractivity contribution < 1.29 is 5.11 Å². The van der Waals surface area contributed by atoms with Gasteiger partial charge in [0, 0.05) is 29.5 Å². The number of halogens is 1. The molecule has 4 nitrogen and oxygen atoms in total. The second kappa shape index (κ2) is 4.38. The molecule has 0 spiro atoms. The van der Waals surface area contributed by atoms with E-state index in [-0.39, 0.29) is 0 Å². The zero-order valence-electron chi connectivity index (χ0n) is 9.38. The first kappa shape index (κ1) is 11.2. The molecule has 5 heteroatoms. The average Bonchev–Trinajstić information content (AvgIpc) is 2.95. The maximum Gasteiger partial charge on any atom is 0.144 e. The fraction of sp³-hybridized carbons (Fsp3) is 0.500. The van der Waals surface area contributed by atoms with E-state index in [0.29, 0.717) is 18.6 Å². The minimum Gasteiger partial charge on any atom is -0.396 e. The summed E-state index contributed by atoms with van der Waals surface area (Å²) in [7, 11) is 0. The van der Waals surface area contributed by atoms with Crippen LogP contribution in [0.2, 0.25) is 0 Å². The molecule has 2 aromatic rings. The molecule has 2 unspecified atom stereocenters. The van der Waals surface area contributed by atoms with Gasteiger partial charge < -0.3 is 9.67 Å². The fourth-order valence-corrected chi connectivity index (χ4v) is 3.20. The third kappa shape index (κ3) is 1.87. The molecule has 0 saturated heterocycles. The Hall–Kier alpha value is -0.940. The maximum absolute atomic E-state index is 9.21. The van der Waals surface area contributed by atoms with Crippen LogP contribution in [-0.2, 0) is 0 Å². The Morgan fingerprint density at radius 2 is 2.35 bits per heavy atom. The molecule has 1 saturated carbocycles. The van der Waals surface area contributed by atoms with Crippen LogP contribution in [0.5, 0.6) is 0 Å². The van der Waals surface area contributed by atoms with Crippen LogP contribution < -0.4 is 0 Å². The van der Waals surface area contributed by atoms with Crippen LogP contribution in [0.4, 0.5) is 0 Å². The van der Waals surface area contributed by atoms with Gasteiger partial charge in [0.05, 0.1) is 5.39 Å². The molecule has 2 atom stereocenters. The molecule has 3 rings (SSSR count). The topological polar surface area (TPSA) is 50.9 Å². The molecule has 0 aromatic carbocycles. The quantitative estimate of drug-likeness (QED) is 0.926. The predicted molar refractivity (Wildman–Crippen MR) is 68.7 cm³/mol. The highest BCUT2D eigenvalue weighted by Gasteiger charge is 2.26. The normalized spacial score (nSPS) is 24.6. The Labute approximate surface area is 108 Å². The van der Waals surface area contributed by atoms with Gasteiger partial charge in [0.15, 0.2) is 0 Å². The van der Waals surface area contributed by atoms with Crippen LogP contribution >= 0.6 is 15.9 Å². The van der Waals surface area contributed by atoms with Gasteiger partial charge in [-0.15, -0.1) is 0 Å². The van der Waals surface area contributed by atoms with Crippen molar-refractivity contribution in [2.45, 2.75) is 25.3 Å². The number of aromatic nitrogens is 3. The minimum atomic E-state index is 0.297. The lowest BCUT2D eigenvalue weighted by molar-refractivity contribution is 0.226. The van der Waals surface area contributed by atoms with Crippen molar-refractivity contribution in [3.63, 3.8) is 0 Å². The lowest BCUT2D eigenvalue weighted by Crippen LogP contribution is -2.06. The van der Waals surface area contributed by atoms with E-state index in [4.69, 9.17) is 0 Å². The maximum atomic E-state index is 9.21. The fourth-order valence-electron chi connectivity index (χ4n) is 2.70. The van der Waals surface area contributed by atoms with E-state index in [1.807, 2.05) is 6.20 Å². The second-order valence-corrected chi connectivity index (χ2v) is 5.51. The van der Waals surface area contributed by atoms with Gasteiger partial charge in [0.25, 0.3) is 0 Å². The molecule has 1 fully saturated rings. The molecule has 0 radical (unpaired) electrons. The summed E-state index contributed by atoms with van der Waals surface area (Å²) >= 11 is 3.55. The summed E-state index contributed by atoms with van der Waals surface area (Å²) in [6.45, 7) is 0.297. The van der Waals surface area contributed by atoms with Crippen LogP contribution in [0, 0.1) is 5.92 Å². The first-order valence-corrected chi connectivity index (χ1v) is 6.66. The van der Waals surface area contributed by atoms with Crippen LogP contribution in [0.25, 0.3) is 11.0 Å². The van der Waals surface area contributed by atoms with Crippen LogP contribution in [-0.4, -0.2) is 26.2 Å². The van der Waals surface area contributed by atoms with E-state index < -0.39 is 0 Å². The average molecular weight is 296 g/mol. The van der Waals surface area contributed by atoms with E-state index in [1.165, 1.54) is 0 Å². The number of aliphatic hydroxyl groups excluding tert-OH is 1. The summed E-state index contributed by atoms with van der Waals surface area (Å²) in [5.41, 5.74) is 0.982. The summed E-state index contributed by atoms with van der Waals surface area (Å²) in [6, 6.07) is 0.454. The summed E-state index contributed by atoms with van der Waals surface area (Å²) in [6.07, 6.45) is 8.76. The molecule has 1 aliphatic carbocycles. The molecule has 0 aliphatic heterocycles. The Bertz CT molecular complexity index is 540. The largest absolute Gasteiger partial charge is 0.396 e. The monoisotopic (exact) mass is 295 g/mol. The third-order valence-electron chi connectivity index (χ3n) is 3.61. The third-order valence-corrected chi connectivity index (χ3v) is 4.24. The highest BCUT2D eigenvalue weighted by molar-refractivity contribution is 9.10. The van der Waals surface area contributed by atoms with E-state index in [1.54, 1.807) is 6.33 Å². The lowest BCUT2D eigenvalue weighted by Gasteiger charge is -2.13. The number of hydrogen-bond acceptors (Lipinski definition) is 3. The van der Waals surface area contributed by atoms with Gasteiger partial charge in [-0.25, -0.2) is 9.97 Å². The van der Waals surface area contributed by atoms with E-state index in [0.717, 1.165) is 34.8 Å². The molecule has 90 valence electrons. The van der Waals surface area contributed by atoms with Gasteiger partial charge in [-0.2, -0.15) is 0 Å². The molecule has 2 aromatic heterocycles. The Morgan fingerprint density at radius 3 is 3.12 bits per heavy atom. The van der Waals surface area contributed by atoms with E-state index in [2.05, 4.69) is 36.7 Å². The molecule has 17 heavy (non-hydrogen) atoms. The first-order valence-electron chi connectivity index (χ1n) is 5.86. The predicted octanol–water partition coefficient (Wildman–Crippen LogP) is 2.53. The number of nitrogens with zero attached hydrogens (tertiary/aromatic N) is 3. The zero-order valence-corrected chi connectivity index (χ0v) is 11.0. The second-order valence-electron chi connectivity index (χ2n) is 4.66. The Morgan fingerprint density at radius 1 is 1.47 bits per heavy atom. The number of fused-ring (bicyclic) bond motifs is 1. The van der Waals surface area contributed by atoms with E-state index in [9.17, 15) is 5.11 Å². The number of hydrogen-bond donors (Lipinski definition) is 1. The Balaban J connectivity index is 2.01. The molecule has 1 aliphatic rings. The lowest BCUT2D eigenvalue weighted by atomic mass is 10.1. The Kier molecular flexibility index (Phi) is 2.88. The SMILES string of the molecule is OCC1CCC(n2cc(Br)c3cncnc32)C1. The van der Waals surface area contributed by atoms with Crippen molar-refractivity contribution in [1.82, 2.24) is 14.5 Å². The summed E-state index contributed by atoms with van der Waals surface area (Å²) in [4.78, 5) is 8.41. The number of aliphatic hydroxyl groups is 1. The molecular formula is C12H14BrN3O. The molecule has 1 N–H and O–H groups in total. The van der Waals surface area contributed by atoms with Crippen molar-refractivity contribution >= 4 is 27.0 Å². The van der Waals surface area contributed by atoms with E-state index >= 15 is 0 Å². The van der Waals surface area contributed by atoms with Gasteiger partial charge in [-0.05, 0) is 41.1 Å². The van der Waals surface area contributed by atoms with Crippen molar-refractivity contribution in [3.05, 3.63) is 23.2 Å². The van der Waals surface area contributed by atoms with Crippen LogP contribution in [0.15, 0.2) is 23.2 Å². The van der Waals surface area contributed by atoms with Gasteiger partial charge in [0.2, 0.25) is 0 Å². The molecule has 0 amide bonds. The van der Waals surface area contributed by atoms with Gasteiger partial charge in [0.1, 0.15) is 12.0 Å². The van der Waals surface area contributed by atoms with Crippen LogP contribution in [0.3, 0.4) is 0 Å². The van der Waals surface area contributed by atoms with Crippen molar-refractivity contribution in [2.75, 3.05) is 6.61 Å². The summed E-state index contributed by atoms with van der Waals surface area (Å²) < 4.78 is 3.26. The molecular weight excluding hydrogens is 282 g/mol. The number of rotatable bonds is 2. The van der Waals surface area contributed by atoms with Crippen LogP contribution in [0.1, 0.15) is 25.3 Å². The standard InChI is InChI=1S/C12H14BrN3O/c13-11-5-16(9-2-1-8(3-9)6-17)12-10(11)4-14-7-15-12/h4-5,7-9,17H,1-3,6H2. The van der Waals surface area contributed by atoms with Gasteiger partial charge in [-0.1, -0.05) is 0 Å². The highest BCUT2D eigenvalue weighted by Crippen LogP contribution is 2.37. The zero-order chi connectivity index (χ0) is 11.8. The summed E-state index contributed by atoms with van der Waals surface area (Å²) in [5.74, 6) is 0.443. The smallest absolute Gasteiger partial charge is 0.144 e. The first-order chi connectivity index (χ1) is 8.29. The van der Waals surface area contributed by atoms with Crippen molar-refractivity contribution in [1.29, 1.82) is 0 Å². The van der Waals surface area contributed by atoms with Gasteiger partial charge >= 0.3 is 0 Å². The van der Waals surface area contributed by atoms with Crippen molar-refractivity contribution in [3.8, 4) is 0 Å².